The highest BCUT2D eigenvalue weighted by Crippen LogP contribution is 2.14. The fourth-order valence-corrected chi connectivity index (χ4v) is 2.15. The first-order chi connectivity index (χ1) is 11.0. The van der Waals surface area contributed by atoms with Crippen LogP contribution in [0.25, 0.3) is 0 Å². The van der Waals surface area contributed by atoms with Gasteiger partial charge in [-0.15, -0.1) is 0 Å². The van der Waals surface area contributed by atoms with Crippen LogP contribution in [0.5, 0.6) is 0 Å². The second kappa shape index (κ2) is 7.45. The number of carbonyl (C=O) groups excluding carboxylic acids is 2. The van der Waals surface area contributed by atoms with Gasteiger partial charge >= 0.3 is 0 Å². The van der Waals surface area contributed by atoms with Crippen molar-refractivity contribution in [3.8, 4) is 0 Å². The molecule has 0 bridgehead atoms. The van der Waals surface area contributed by atoms with Gasteiger partial charge < -0.3 is 16.4 Å². The molecule has 2 amide bonds. The van der Waals surface area contributed by atoms with Gasteiger partial charge in [0.2, 0.25) is 11.8 Å². The summed E-state index contributed by atoms with van der Waals surface area (Å²) in [7, 11) is 0. The van der Waals surface area contributed by atoms with Crippen molar-refractivity contribution in [1.29, 1.82) is 0 Å². The largest absolute Gasteiger partial charge is 0.374 e. The third-order valence-electron chi connectivity index (χ3n) is 3.55. The van der Waals surface area contributed by atoms with Gasteiger partial charge in [-0.2, -0.15) is 0 Å². The standard InChI is InChI=1S/C18H21N3O2/c1-3-13-7-9-15(10-8-13)21-18(23)12(2)20-16-6-4-5-14(11-16)17(19)22/h4-12,20H,3H2,1-2H3,(H2,19,22)(H,21,23). The summed E-state index contributed by atoms with van der Waals surface area (Å²) >= 11 is 0. The summed E-state index contributed by atoms with van der Waals surface area (Å²) < 4.78 is 0. The van der Waals surface area contributed by atoms with E-state index in [2.05, 4.69) is 17.6 Å². The van der Waals surface area contributed by atoms with Crippen LogP contribution >= 0.6 is 0 Å². The summed E-state index contributed by atoms with van der Waals surface area (Å²) in [6.45, 7) is 3.84. The van der Waals surface area contributed by atoms with Crippen LogP contribution in [0.1, 0.15) is 29.8 Å². The predicted molar refractivity (Wildman–Crippen MR) is 92.5 cm³/mol. The van der Waals surface area contributed by atoms with E-state index in [0.717, 1.165) is 12.1 Å². The lowest BCUT2D eigenvalue weighted by Gasteiger charge is -2.16. The van der Waals surface area contributed by atoms with E-state index in [1.807, 2.05) is 24.3 Å². The van der Waals surface area contributed by atoms with E-state index < -0.39 is 11.9 Å². The summed E-state index contributed by atoms with van der Waals surface area (Å²) in [5.41, 5.74) is 8.30. The van der Waals surface area contributed by atoms with Crippen LogP contribution in [0.4, 0.5) is 11.4 Å². The first-order valence-corrected chi connectivity index (χ1v) is 7.56. The normalized spacial score (nSPS) is 11.6. The van der Waals surface area contributed by atoms with Gasteiger partial charge in [-0.05, 0) is 49.2 Å². The minimum Gasteiger partial charge on any atom is -0.374 e. The number of anilines is 2. The highest BCUT2D eigenvalue weighted by Gasteiger charge is 2.13. The number of hydrogen-bond acceptors (Lipinski definition) is 3. The number of rotatable bonds is 6. The maximum absolute atomic E-state index is 12.2. The van der Waals surface area contributed by atoms with E-state index in [-0.39, 0.29) is 5.91 Å². The average molecular weight is 311 g/mol. The third-order valence-corrected chi connectivity index (χ3v) is 3.55. The van der Waals surface area contributed by atoms with Gasteiger partial charge in [0.25, 0.3) is 0 Å². The fraction of sp³-hybridized carbons (Fsp3) is 0.222. The molecule has 120 valence electrons. The van der Waals surface area contributed by atoms with Gasteiger partial charge in [0.15, 0.2) is 0 Å². The Morgan fingerprint density at radius 2 is 1.78 bits per heavy atom. The topological polar surface area (TPSA) is 84.2 Å². The molecule has 0 radical (unpaired) electrons. The molecule has 0 aromatic heterocycles. The van der Waals surface area contributed by atoms with Crippen LogP contribution in [0.2, 0.25) is 0 Å². The summed E-state index contributed by atoms with van der Waals surface area (Å²) in [5, 5.41) is 5.92. The van der Waals surface area contributed by atoms with Crippen LogP contribution in [0.15, 0.2) is 48.5 Å². The lowest BCUT2D eigenvalue weighted by molar-refractivity contribution is -0.116. The number of primary amides is 1. The molecule has 0 heterocycles. The minimum atomic E-state index is -0.498. The molecule has 5 heteroatoms. The minimum absolute atomic E-state index is 0.154. The van der Waals surface area contributed by atoms with E-state index in [9.17, 15) is 9.59 Å². The van der Waals surface area contributed by atoms with Gasteiger partial charge in [-0.3, -0.25) is 9.59 Å². The first kappa shape index (κ1) is 16.5. The zero-order chi connectivity index (χ0) is 16.8. The van der Waals surface area contributed by atoms with Gasteiger partial charge in [0.05, 0.1) is 0 Å². The zero-order valence-electron chi connectivity index (χ0n) is 13.3. The van der Waals surface area contributed by atoms with Crippen molar-refractivity contribution in [1.82, 2.24) is 0 Å². The lowest BCUT2D eigenvalue weighted by Crippen LogP contribution is -2.31. The van der Waals surface area contributed by atoms with Gasteiger partial charge in [0, 0.05) is 16.9 Å². The molecule has 5 nitrogen and oxygen atoms in total. The molecule has 2 aromatic rings. The maximum Gasteiger partial charge on any atom is 0.248 e. The molecule has 4 N–H and O–H groups in total. The van der Waals surface area contributed by atoms with Crippen LogP contribution < -0.4 is 16.4 Å². The van der Waals surface area contributed by atoms with Crippen molar-refractivity contribution in [2.45, 2.75) is 26.3 Å². The molecule has 0 aliphatic carbocycles. The number of nitrogens with two attached hydrogens (primary N) is 1. The number of amides is 2. The molecule has 1 unspecified atom stereocenters. The summed E-state index contributed by atoms with van der Waals surface area (Å²) in [4.78, 5) is 23.4. The molecule has 0 aliphatic rings. The third kappa shape index (κ3) is 4.57. The molecule has 1 atom stereocenters. The highest BCUT2D eigenvalue weighted by atomic mass is 16.2. The Morgan fingerprint density at radius 1 is 1.09 bits per heavy atom. The SMILES string of the molecule is CCc1ccc(NC(=O)C(C)Nc2cccc(C(N)=O)c2)cc1. The maximum atomic E-state index is 12.2. The Morgan fingerprint density at radius 3 is 2.39 bits per heavy atom. The summed E-state index contributed by atoms with van der Waals surface area (Å²) in [5.74, 6) is -0.652. The second-order valence-corrected chi connectivity index (χ2v) is 5.35. The Balaban J connectivity index is 1.99. The van der Waals surface area contributed by atoms with Crippen molar-refractivity contribution < 1.29 is 9.59 Å². The van der Waals surface area contributed by atoms with Crippen molar-refractivity contribution in [2.24, 2.45) is 5.73 Å². The Kier molecular flexibility index (Phi) is 5.36. The van der Waals surface area contributed by atoms with Crippen molar-refractivity contribution in [3.05, 3.63) is 59.7 Å². The monoisotopic (exact) mass is 311 g/mol. The van der Waals surface area contributed by atoms with Crippen molar-refractivity contribution >= 4 is 23.2 Å². The first-order valence-electron chi connectivity index (χ1n) is 7.56. The Labute approximate surface area is 135 Å². The predicted octanol–water partition coefficient (Wildman–Crippen LogP) is 2.79. The van der Waals surface area contributed by atoms with E-state index >= 15 is 0 Å². The zero-order valence-corrected chi connectivity index (χ0v) is 13.3. The molecular formula is C18H21N3O2. The van der Waals surface area contributed by atoms with Crippen molar-refractivity contribution in [2.75, 3.05) is 10.6 Å². The number of aryl methyl sites for hydroxylation is 1. The van der Waals surface area contributed by atoms with Crippen LogP contribution in [-0.2, 0) is 11.2 Å². The molecule has 0 aliphatic heterocycles. The van der Waals surface area contributed by atoms with E-state index in [4.69, 9.17) is 5.73 Å². The Hall–Kier alpha value is -2.82. The highest BCUT2D eigenvalue weighted by molar-refractivity contribution is 5.97. The molecule has 23 heavy (non-hydrogen) atoms. The van der Waals surface area contributed by atoms with Gasteiger partial charge in [0.1, 0.15) is 6.04 Å². The molecule has 0 spiro atoms. The molecule has 0 fully saturated rings. The summed E-state index contributed by atoms with van der Waals surface area (Å²) in [6.07, 6.45) is 0.961. The second-order valence-electron chi connectivity index (χ2n) is 5.35. The van der Waals surface area contributed by atoms with E-state index in [1.165, 1.54) is 5.56 Å². The van der Waals surface area contributed by atoms with Gasteiger partial charge in [-0.1, -0.05) is 25.1 Å². The number of hydrogen-bond donors (Lipinski definition) is 3. The van der Waals surface area contributed by atoms with E-state index in [0.29, 0.717) is 11.3 Å². The quantitative estimate of drug-likeness (QED) is 0.767. The molecule has 0 saturated carbocycles. The molecule has 2 rings (SSSR count). The Bertz CT molecular complexity index is 696. The van der Waals surface area contributed by atoms with Crippen LogP contribution in [0.3, 0.4) is 0 Å². The van der Waals surface area contributed by atoms with Gasteiger partial charge in [-0.25, -0.2) is 0 Å². The number of benzene rings is 2. The van der Waals surface area contributed by atoms with Crippen LogP contribution in [0, 0.1) is 0 Å². The molecule has 2 aromatic carbocycles. The van der Waals surface area contributed by atoms with E-state index in [1.54, 1.807) is 31.2 Å². The van der Waals surface area contributed by atoms with Crippen molar-refractivity contribution in [3.63, 3.8) is 0 Å². The lowest BCUT2D eigenvalue weighted by atomic mass is 10.1. The average Bonchev–Trinajstić information content (AvgIpc) is 2.55. The fourth-order valence-electron chi connectivity index (χ4n) is 2.15. The smallest absolute Gasteiger partial charge is 0.248 e. The summed E-state index contributed by atoms with van der Waals surface area (Å²) in [6, 6.07) is 14.1. The molecular weight excluding hydrogens is 290 g/mol. The van der Waals surface area contributed by atoms with Crippen LogP contribution in [-0.4, -0.2) is 17.9 Å². The number of nitrogens with one attached hydrogen (secondary N) is 2. The molecule has 0 saturated heterocycles. The number of carbonyl (C=O) groups is 2.